The molecule has 0 spiro atoms. The molecule has 2 aliphatic rings. The van der Waals surface area contributed by atoms with E-state index in [0.29, 0.717) is 11.1 Å². The summed E-state index contributed by atoms with van der Waals surface area (Å²) in [6.07, 6.45) is 7.40. The lowest BCUT2D eigenvalue weighted by atomic mass is 10.1. The molecular weight excluding hydrogens is 240 g/mol. The predicted octanol–water partition coefficient (Wildman–Crippen LogP) is 3.83. The molecule has 3 rings (SSSR count). The van der Waals surface area contributed by atoms with Gasteiger partial charge in [-0.2, -0.15) is 0 Å². The van der Waals surface area contributed by atoms with Crippen LogP contribution in [-0.2, 0) is 6.42 Å². The van der Waals surface area contributed by atoms with Gasteiger partial charge in [0.1, 0.15) is 11.0 Å². The number of fused-ring (bicyclic) bond motifs is 1. The van der Waals surface area contributed by atoms with Gasteiger partial charge in [-0.25, -0.2) is 9.97 Å². The number of hydrogen-bond acceptors (Lipinski definition) is 3. The summed E-state index contributed by atoms with van der Waals surface area (Å²) in [5, 5.41) is 0.691. The van der Waals surface area contributed by atoms with E-state index in [9.17, 15) is 0 Å². The first-order valence-corrected chi connectivity index (χ1v) is 7.40. The predicted molar refractivity (Wildman–Crippen MR) is 67.3 cm³/mol. The van der Waals surface area contributed by atoms with Crippen LogP contribution in [0.4, 0.5) is 0 Å². The van der Waals surface area contributed by atoms with E-state index in [2.05, 4.69) is 4.98 Å². The second kappa shape index (κ2) is 4.53. The second-order valence-electron chi connectivity index (χ2n) is 4.58. The Hall–Kier alpha value is -0.280. The van der Waals surface area contributed by atoms with E-state index in [1.807, 2.05) is 11.8 Å². The Morgan fingerprint density at radius 1 is 1.12 bits per heavy atom. The van der Waals surface area contributed by atoms with Crippen LogP contribution in [0, 0.1) is 0 Å². The minimum absolute atomic E-state index is 0.565. The fourth-order valence-electron chi connectivity index (χ4n) is 2.58. The van der Waals surface area contributed by atoms with Gasteiger partial charge < -0.3 is 0 Å². The third-order valence-electron chi connectivity index (χ3n) is 3.44. The fraction of sp³-hybridized carbons (Fsp3) is 0.667. The highest BCUT2D eigenvalue weighted by atomic mass is 35.5. The highest BCUT2D eigenvalue weighted by Gasteiger charge is 2.23. The van der Waals surface area contributed by atoms with Crippen molar-refractivity contribution in [2.24, 2.45) is 0 Å². The van der Waals surface area contributed by atoms with Crippen LogP contribution in [0.1, 0.15) is 49.5 Å². The average molecular weight is 255 g/mol. The van der Waals surface area contributed by atoms with Gasteiger partial charge >= 0.3 is 0 Å². The quantitative estimate of drug-likeness (QED) is 0.713. The van der Waals surface area contributed by atoms with E-state index in [1.54, 1.807) is 0 Å². The molecule has 0 amide bonds. The molecule has 0 radical (unpaired) electrons. The molecule has 1 aromatic rings. The maximum atomic E-state index is 6.25. The van der Waals surface area contributed by atoms with Crippen LogP contribution in [0.2, 0.25) is 5.15 Å². The molecule has 0 saturated heterocycles. The second-order valence-corrected chi connectivity index (χ2v) is 6.05. The molecule has 1 saturated carbocycles. The summed E-state index contributed by atoms with van der Waals surface area (Å²) >= 11 is 8.06. The number of hydrogen-bond donors (Lipinski definition) is 0. The monoisotopic (exact) mass is 254 g/mol. The zero-order valence-electron chi connectivity index (χ0n) is 9.21. The van der Waals surface area contributed by atoms with Crippen molar-refractivity contribution in [3.8, 4) is 0 Å². The molecule has 0 N–H and O–H groups in total. The lowest BCUT2D eigenvalue weighted by molar-refractivity contribution is 0.649. The zero-order chi connectivity index (χ0) is 11.0. The van der Waals surface area contributed by atoms with Crippen molar-refractivity contribution in [2.75, 3.05) is 5.75 Å². The van der Waals surface area contributed by atoms with Crippen molar-refractivity contribution in [1.82, 2.24) is 9.97 Å². The first-order valence-electron chi connectivity index (χ1n) is 6.03. The van der Waals surface area contributed by atoms with E-state index < -0.39 is 0 Å². The molecule has 86 valence electrons. The number of aryl methyl sites for hydroxylation is 1. The summed E-state index contributed by atoms with van der Waals surface area (Å²) in [5.41, 5.74) is 1.19. The topological polar surface area (TPSA) is 25.8 Å². The molecule has 0 unspecified atom stereocenters. The van der Waals surface area contributed by atoms with Gasteiger partial charge in [-0.1, -0.05) is 24.4 Å². The Morgan fingerprint density at radius 2 is 1.94 bits per heavy atom. The van der Waals surface area contributed by atoms with Gasteiger partial charge in [-0.3, -0.25) is 0 Å². The maximum Gasteiger partial charge on any atom is 0.146 e. The summed E-state index contributed by atoms with van der Waals surface area (Å²) in [5.74, 6) is 2.72. The number of halogens is 1. The normalized spacial score (nSPS) is 21.1. The number of aromatic nitrogens is 2. The molecule has 2 nitrogen and oxygen atoms in total. The Morgan fingerprint density at radius 3 is 2.75 bits per heavy atom. The third kappa shape index (κ3) is 1.95. The molecule has 1 aliphatic carbocycles. The molecule has 1 aromatic heterocycles. The Balaban J connectivity index is 1.97. The van der Waals surface area contributed by atoms with Gasteiger partial charge in [0.15, 0.2) is 0 Å². The van der Waals surface area contributed by atoms with Crippen LogP contribution in [0.25, 0.3) is 0 Å². The summed E-state index contributed by atoms with van der Waals surface area (Å²) in [4.78, 5) is 10.4. The van der Waals surface area contributed by atoms with Crippen LogP contribution in [0.5, 0.6) is 0 Å². The van der Waals surface area contributed by atoms with Gasteiger partial charge in [0, 0.05) is 5.92 Å². The van der Waals surface area contributed by atoms with Crippen molar-refractivity contribution >= 4 is 23.4 Å². The van der Waals surface area contributed by atoms with E-state index in [-0.39, 0.29) is 0 Å². The van der Waals surface area contributed by atoms with Crippen molar-refractivity contribution in [3.05, 3.63) is 16.7 Å². The van der Waals surface area contributed by atoms with Gasteiger partial charge in [-0.05, 0) is 31.4 Å². The number of thioether (sulfide) groups is 1. The minimum atomic E-state index is 0.565. The average Bonchev–Trinajstić information content (AvgIpc) is 2.82. The molecule has 1 fully saturated rings. The molecule has 0 bridgehead atoms. The van der Waals surface area contributed by atoms with Crippen LogP contribution in [0.3, 0.4) is 0 Å². The molecule has 4 heteroatoms. The van der Waals surface area contributed by atoms with Crippen molar-refractivity contribution in [1.29, 1.82) is 0 Å². The van der Waals surface area contributed by atoms with Crippen molar-refractivity contribution < 1.29 is 0 Å². The van der Waals surface area contributed by atoms with Gasteiger partial charge in [-0.15, -0.1) is 11.8 Å². The molecule has 0 atom stereocenters. The minimum Gasteiger partial charge on any atom is -0.236 e. The first kappa shape index (κ1) is 10.8. The van der Waals surface area contributed by atoms with Crippen LogP contribution < -0.4 is 0 Å². The van der Waals surface area contributed by atoms with Gasteiger partial charge in [0.2, 0.25) is 0 Å². The summed E-state index contributed by atoms with van der Waals surface area (Å²) in [6.45, 7) is 0. The van der Waals surface area contributed by atoms with E-state index in [0.717, 1.165) is 22.9 Å². The van der Waals surface area contributed by atoms with Crippen LogP contribution in [0.15, 0.2) is 4.90 Å². The largest absolute Gasteiger partial charge is 0.236 e. The molecule has 0 aromatic carbocycles. The molecule has 2 heterocycles. The van der Waals surface area contributed by atoms with E-state index >= 15 is 0 Å². The Kier molecular flexibility index (Phi) is 3.07. The van der Waals surface area contributed by atoms with E-state index in [4.69, 9.17) is 16.6 Å². The van der Waals surface area contributed by atoms with Crippen molar-refractivity contribution in [3.63, 3.8) is 0 Å². The summed E-state index contributed by atoms with van der Waals surface area (Å²) in [7, 11) is 0. The van der Waals surface area contributed by atoms with Crippen LogP contribution in [-0.4, -0.2) is 15.7 Å². The molecule has 1 aliphatic heterocycles. The smallest absolute Gasteiger partial charge is 0.146 e. The van der Waals surface area contributed by atoms with Gasteiger partial charge in [0.25, 0.3) is 0 Å². The Bertz CT molecular complexity index is 402. The SMILES string of the molecule is Clc1nc(C2CCCC2)nc2c1SCCC2. The lowest BCUT2D eigenvalue weighted by Gasteiger charge is -2.17. The highest BCUT2D eigenvalue weighted by Crippen LogP contribution is 2.37. The molecule has 16 heavy (non-hydrogen) atoms. The van der Waals surface area contributed by atoms with Crippen LogP contribution >= 0.6 is 23.4 Å². The standard InChI is InChI=1S/C12H15ClN2S/c13-11-10-9(6-3-7-16-10)14-12(15-11)8-4-1-2-5-8/h8H,1-7H2. The highest BCUT2D eigenvalue weighted by molar-refractivity contribution is 7.99. The zero-order valence-corrected chi connectivity index (χ0v) is 10.8. The summed E-state index contributed by atoms with van der Waals surface area (Å²) < 4.78 is 0. The maximum absolute atomic E-state index is 6.25. The molecular formula is C12H15ClN2S. The Labute approximate surface area is 105 Å². The lowest BCUT2D eigenvalue weighted by Crippen LogP contribution is -2.09. The first-order chi connectivity index (χ1) is 7.84. The number of rotatable bonds is 1. The van der Waals surface area contributed by atoms with E-state index in [1.165, 1.54) is 37.8 Å². The third-order valence-corrected chi connectivity index (χ3v) is 5.03. The van der Waals surface area contributed by atoms with Crippen molar-refractivity contribution in [2.45, 2.75) is 49.3 Å². The van der Waals surface area contributed by atoms with Gasteiger partial charge in [0.05, 0.1) is 10.6 Å². The summed E-state index contributed by atoms with van der Waals surface area (Å²) in [6, 6.07) is 0. The fourth-order valence-corrected chi connectivity index (χ4v) is 3.91. The number of nitrogens with zero attached hydrogens (tertiary/aromatic N) is 2.